The molecular weight excluding hydrogens is 390 g/mol. The Morgan fingerprint density at radius 1 is 1.12 bits per heavy atom. The zero-order chi connectivity index (χ0) is 17.5. The minimum absolute atomic E-state index is 0.167. The van der Waals surface area contributed by atoms with Crippen LogP contribution in [0.1, 0.15) is 11.1 Å². The van der Waals surface area contributed by atoms with Gasteiger partial charge in [-0.05, 0) is 49.2 Å². The number of nitrogens with one attached hydrogen (secondary N) is 1. The first-order valence-electron chi connectivity index (χ1n) is 7.36. The quantitative estimate of drug-likeness (QED) is 0.571. The first-order chi connectivity index (χ1) is 11.5. The second kappa shape index (κ2) is 8.89. The Morgan fingerprint density at radius 3 is 2.58 bits per heavy atom. The lowest BCUT2D eigenvalue weighted by atomic mass is 10.2. The van der Waals surface area contributed by atoms with E-state index < -0.39 is 5.97 Å². The average Bonchev–Trinajstić information content (AvgIpc) is 2.54. The lowest BCUT2D eigenvalue weighted by Crippen LogP contribution is -2.22. The minimum Gasteiger partial charge on any atom is -0.455 e. The molecule has 0 fully saturated rings. The third-order valence-electron chi connectivity index (χ3n) is 3.27. The molecule has 2 aromatic rings. The number of rotatable bonds is 6. The Morgan fingerprint density at radius 2 is 1.88 bits per heavy atom. The number of carbonyl (C=O) groups is 2. The molecule has 0 atom stereocenters. The van der Waals surface area contributed by atoms with Gasteiger partial charge in [-0.3, -0.25) is 9.59 Å². The van der Waals surface area contributed by atoms with Crippen molar-refractivity contribution in [2.24, 2.45) is 0 Å². The van der Waals surface area contributed by atoms with Crippen LogP contribution in [0, 0.1) is 13.8 Å². The number of hydrogen-bond acceptors (Lipinski definition) is 4. The van der Waals surface area contributed by atoms with Gasteiger partial charge < -0.3 is 10.1 Å². The molecule has 4 nitrogen and oxygen atoms in total. The summed E-state index contributed by atoms with van der Waals surface area (Å²) in [4.78, 5) is 24.6. The Balaban J connectivity index is 1.76. The molecule has 2 aromatic carbocycles. The van der Waals surface area contributed by atoms with Gasteiger partial charge >= 0.3 is 5.97 Å². The monoisotopic (exact) mass is 407 g/mol. The van der Waals surface area contributed by atoms with E-state index in [1.54, 1.807) is 6.07 Å². The van der Waals surface area contributed by atoms with Gasteiger partial charge in [-0.1, -0.05) is 34.1 Å². The van der Waals surface area contributed by atoms with Crippen LogP contribution in [0.3, 0.4) is 0 Å². The summed E-state index contributed by atoms with van der Waals surface area (Å²) in [6.07, 6.45) is 0. The van der Waals surface area contributed by atoms with Crippen LogP contribution in [0.5, 0.6) is 0 Å². The fourth-order valence-corrected chi connectivity index (χ4v) is 3.28. The molecule has 0 heterocycles. The third kappa shape index (κ3) is 5.69. The Kier molecular flexibility index (Phi) is 6.87. The molecule has 126 valence electrons. The maximum Gasteiger partial charge on any atom is 0.316 e. The van der Waals surface area contributed by atoms with Crippen molar-refractivity contribution in [1.29, 1.82) is 0 Å². The van der Waals surface area contributed by atoms with Crippen molar-refractivity contribution >= 4 is 45.3 Å². The number of halogens is 1. The smallest absolute Gasteiger partial charge is 0.316 e. The number of esters is 1. The van der Waals surface area contributed by atoms with Crippen molar-refractivity contribution in [3.05, 3.63) is 58.1 Å². The molecule has 1 N–H and O–H groups in total. The summed E-state index contributed by atoms with van der Waals surface area (Å²) in [5.41, 5.74) is 2.76. The van der Waals surface area contributed by atoms with Crippen LogP contribution < -0.4 is 5.32 Å². The largest absolute Gasteiger partial charge is 0.455 e. The van der Waals surface area contributed by atoms with Crippen LogP contribution in [0.4, 0.5) is 5.69 Å². The first kappa shape index (κ1) is 18.5. The lowest BCUT2D eigenvalue weighted by molar-refractivity contribution is -0.144. The Labute approximate surface area is 154 Å². The molecule has 2 rings (SSSR count). The average molecular weight is 408 g/mol. The van der Waals surface area contributed by atoms with Crippen molar-refractivity contribution in [2.75, 3.05) is 17.7 Å². The van der Waals surface area contributed by atoms with Gasteiger partial charge in [0.1, 0.15) is 0 Å². The number of ether oxygens (including phenoxy) is 1. The molecule has 1 amide bonds. The maximum absolute atomic E-state index is 11.8. The second-order valence-electron chi connectivity index (χ2n) is 5.22. The summed E-state index contributed by atoms with van der Waals surface area (Å²) in [5, 5.41) is 2.73. The van der Waals surface area contributed by atoms with Gasteiger partial charge in [-0.2, -0.15) is 0 Å². The second-order valence-corrected chi connectivity index (χ2v) is 7.16. The van der Waals surface area contributed by atoms with Crippen molar-refractivity contribution < 1.29 is 14.3 Å². The molecule has 6 heteroatoms. The highest BCUT2D eigenvalue weighted by atomic mass is 79.9. The van der Waals surface area contributed by atoms with Gasteiger partial charge in [0.25, 0.3) is 5.91 Å². The maximum atomic E-state index is 11.8. The highest BCUT2D eigenvalue weighted by Gasteiger charge is 2.10. The number of aryl methyl sites for hydroxylation is 2. The molecule has 0 radical (unpaired) electrons. The molecule has 0 saturated heterocycles. The van der Waals surface area contributed by atoms with Crippen LogP contribution in [-0.4, -0.2) is 24.2 Å². The van der Waals surface area contributed by atoms with E-state index in [2.05, 4.69) is 21.2 Å². The van der Waals surface area contributed by atoms with Crippen LogP contribution in [0.15, 0.2) is 51.8 Å². The van der Waals surface area contributed by atoms with Gasteiger partial charge in [0.15, 0.2) is 6.61 Å². The van der Waals surface area contributed by atoms with E-state index in [-0.39, 0.29) is 18.3 Å². The fraction of sp³-hybridized carbons (Fsp3) is 0.222. The van der Waals surface area contributed by atoms with E-state index >= 15 is 0 Å². The third-order valence-corrected chi connectivity index (χ3v) is 4.91. The minimum atomic E-state index is -0.415. The highest BCUT2D eigenvalue weighted by molar-refractivity contribution is 9.10. The van der Waals surface area contributed by atoms with E-state index in [4.69, 9.17) is 4.74 Å². The molecule has 0 aliphatic heterocycles. The summed E-state index contributed by atoms with van der Waals surface area (Å²) < 4.78 is 6.02. The molecular formula is C18H18BrNO3S. The molecule has 24 heavy (non-hydrogen) atoms. The SMILES string of the molecule is Cc1ccccc1NC(=O)COC(=O)CSc1ccc(Br)cc1C. The van der Waals surface area contributed by atoms with Gasteiger partial charge in [0, 0.05) is 15.1 Å². The van der Waals surface area contributed by atoms with Crippen molar-refractivity contribution in [3.8, 4) is 0 Å². The van der Waals surface area contributed by atoms with E-state index in [0.717, 1.165) is 26.2 Å². The zero-order valence-electron chi connectivity index (χ0n) is 13.5. The number of hydrogen-bond donors (Lipinski definition) is 1. The number of thioether (sulfide) groups is 1. The highest BCUT2D eigenvalue weighted by Crippen LogP contribution is 2.25. The molecule has 0 aliphatic rings. The van der Waals surface area contributed by atoms with Crippen LogP contribution in [-0.2, 0) is 14.3 Å². The Bertz CT molecular complexity index is 749. The van der Waals surface area contributed by atoms with Crippen LogP contribution in [0.25, 0.3) is 0 Å². The Hall–Kier alpha value is -1.79. The van der Waals surface area contributed by atoms with Gasteiger partial charge in [0.2, 0.25) is 0 Å². The molecule has 0 spiro atoms. The number of anilines is 1. The molecule has 0 aliphatic carbocycles. The standard InChI is InChI=1S/C18H18BrNO3S/c1-12-5-3-4-6-15(12)20-17(21)10-23-18(22)11-24-16-8-7-14(19)9-13(16)2/h3-9H,10-11H2,1-2H3,(H,20,21). The number of carbonyl (C=O) groups excluding carboxylic acids is 2. The predicted molar refractivity (Wildman–Crippen MR) is 100 cm³/mol. The molecule has 0 aromatic heterocycles. The van der Waals surface area contributed by atoms with Crippen molar-refractivity contribution in [3.63, 3.8) is 0 Å². The van der Waals surface area contributed by atoms with Crippen LogP contribution in [0.2, 0.25) is 0 Å². The van der Waals surface area contributed by atoms with Crippen molar-refractivity contribution in [2.45, 2.75) is 18.7 Å². The molecule has 0 bridgehead atoms. The topological polar surface area (TPSA) is 55.4 Å². The first-order valence-corrected chi connectivity index (χ1v) is 9.13. The predicted octanol–water partition coefficient (Wildman–Crippen LogP) is 4.34. The summed E-state index contributed by atoms with van der Waals surface area (Å²) in [5.74, 6) is -0.593. The normalized spacial score (nSPS) is 10.3. The van der Waals surface area contributed by atoms with Gasteiger partial charge in [-0.15, -0.1) is 11.8 Å². The zero-order valence-corrected chi connectivity index (χ0v) is 15.9. The summed E-state index contributed by atoms with van der Waals surface area (Å²) in [6.45, 7) is 3.60. The number of benzene rings is 2. The van der Waals surface area contributed by atoms with Crippen LogP contribution >= 0.6 is 27.7 Å². The number of para-hydroxylation sites is 1. The number of amides is 1. The van der Waals surface area contributed by atoms with E-state index in [1.807, 2.05) is 50.2 Å². The summed E-state index contributed by atoms with van der Waals surface area (Å²) in [7, 11) is 0. The molecule has 0 saturated carbocycles. The van der Waals surface area contributed by atoms with Crippen molar-refractivity contribution in [1.82, 2.24) is 0 Å². The summed E-state index contributed by atoms with van der Waals surface area (Å²) in [6, 6.07) is 13.3. The van der Waals surface area contributed by atoms with Gasteiger partial charge in [-0.25, -0.2) is 0 Å². The van der Waals surface area contributed by atoms with Gasteiger partial charge in [0.05, 0.1) is 5.75 Å². The van der Waals surface area contributed by atoms with E-state index in [0.29, 0.717) is 0 Å². The van der Waals surface area contributed by atoms with E-state index in [1.165, 1.54) is 11.8 Å². The lowest BCUT2D eigenvalue weighted by Gasteiger charge is -2.09. The van der Waals surface area contributed by atoms with E-state index in [9.17, 15) is 9.59 Å². The molecule has 0 unspecified atom stereocenters. The summed E-state index contributed by atoms with van der Waals surface area (Å²) >= 11 is 4.80. The fourth-order valence-electron chi connectivity index (χ4n) is 2.00.